The van der Waals surface area contributed by atoms with Crippen LogP contribution in [0.15, 0.2) is 77.0 Å². The second-order valence-corrected chi connectivity index (χ2v) is 13.6. The molecule has 2 aromatic carbocycles. The summed E-state index contributed by atoms with van der Waals surface area (Å²) in [7, 11) is 1.58. The molecule has 0 saturated carbocycles. The van der Waals surface area contributed by atoms with E-state index in [0.29, 0.717) is 16.3 Å². The van der Waals surface area contributed by atoms with E-state index in [2.05, 4.69) is 35.9 Å². The molecule has 1 atom stereocenters. The van der Waals surface area contributed by atoms with Crippen molar-refractivity contribution < 1.29 is 9.47 Å². The fourth-order valence-corrected chi connectivity index (χ4v) is 8.62. The number of nitrogens with one attached hydrogen (secondary N) is 1. The van der Waals surface area contributed by atoms with Crippen LogP contribution < -0.4 is 15.8 Å². The first-order valence-electron chi connectivity index (χ1n) is 12.9. The Bertz CT molecular complexity index is 1940. The second-order valence-electron chi connectivity index (χ2n) is 10.5. The topological polar surface area (TPSA) is 109 Å². The summed E-state index contributed by atoms with van der Waals surface area (Å²) in [6.45, 7) is 4.35. The molecule has 4 aromatic rings. The molecule has 11 heteroatoms. The van der Waals surface area contributed by atoms with Gasteiger partial charge in [-0.25, -0.2) is 0 Å². The van der Waals surface area contributed by atoms with Gasteiger partial charge in [-0.15, -0.1) is 22.7 Å². The number of thiazole rings is 1. The van der Waals surface area contributed by atoms with Crippen LogP contribution in [-0.4, -0.2) is 11.7 Å². The maximum absolute atomic E-state index is 10.5. The van der Waals surface area contributed by atoms with Crippen LogP contribution in [0.2, 0.25) is 0 Å². The van der Waals surface area contributed by atoms with Crippen molar-refractivity contribution in [2.24, 2.45) is 5.73 Å². The zero-order valence-corrected chi connectivity index (χ0v) is 26.0. The minimum absolute atomic E-state index is 0.0504. The van der Waals surface area contributed by atoms with E-state index in [-0.39, 0.29) is 27.8 Å². The Hall–Kier alpha value is -4.06. The average molecular weight is 630 g/mol. The highest BCUT2D eigenvalue weighted by Crippen LogP contribution is 2.54. The van der Waals surface area contributed by atoms with Gasteiger partial charge in [0.15, 0.2) is 3.95 Å². The predicted molar refractivity (Wildman–Crippen MR) is 169 cm³/mol. The Balaban J connectivity index is 1.47. The number of benzene rings is 2. The van der Waals surface area contributed by atoms with E-state index in [9.17, 15) is 10.5 Å². The molecule has 7 nitrogen and oxygen atoms in total. The van der Waals surface area contributed by atoms with Gasteiger partial charge in [-0.1, -0.05) is 55.8 Å². The third-order valence-electron chi connectivity index (χ3n) is 7.42. The standard InChI is InChI=1S/C31H24ClN5O2S3/c1-31(2)13-21-25(41-30(40)37(21)17-7-5-4-6-8-17)23-20(15-34)29(42-26(23)31)36-28-24(32)22(19(14-33)27(35)39-28)16-9-11-18(38-3)12-10-16/h4-12,22,36H,13,35H2,1-3H3. The fourth-order valence-electron chi connectivity index (χ4n) is 5.45. The molecule has 0 spiro atoms. The number of aromatic nitrogens is 1. The average Bonchev–Trinajstić information content (AvgIpc) is 3.52. The van der Waals surface area contributed by atoms with E-state index in [4.69, 9.17) is 39.0 Å². The number of rotatable bonds is 5. The smallest absolute Gasteiger partial charge is 0.216 e. The van der Waals surface area contributed by atoms with Crippen LogP contribution in [-0.2, 0) is 16.6 Å². The van der Waals surface area contributed by atoms with Gasteiger partial charge >= 0.3 is 0 Å². The number of halogens is 1. The van der Waals surface area contributed by atoms with Crippen LogP contribution in [0.4, 0.5) is 5.00 Å². The van der Waals surface area contributed by atoms with E-state index in [0.717, 1.165) is 42.6 Å². The number of anilines is 1. The van der Waals surface area contributed by atoms with Crippen LogP contribution in [0.25, 0.3) is 16.1 Å². The number of allylic oxidation sites excluding steroid dienone is 2. The summed E-state index contributed by atoms with van der Waals surface area (Å²) in [6.07, 6.45) is 0.753. The van der Waals surface area contributed by atoms with E-state index >= 15 is 0 Å². The van der Waals surface area contributed by atoms with Crippen LogP contribution in [0.5, 0.6) is 5.75 Å². The number of nitrogens with two attached hydrogens (primary N) is 1. The lowest BCUT2D eigenvalue weighted by atomic mass is 9.78. The van der Waals surface area contributed by atoms with Gasteiger partial charge in [-0.3, -0.25) is 4.57 Å². The van der Waals surface area contributed by atoms with Crippen molar-refractivity contribution in [1.82, 2.24) is 4.57 Å². The number of thiophene rings is 1. The molecule has 2 aliphatic rings. The van der Waals surface area contributed by atoms with Crippen LogP contribution >= 0.6 is 46.5 Å². The molecule has 1 aliphatic heterocycles. The predicted octanol–water partition coefficient (Wildman–Crippen LogP) is 8.04. The van der Waals surface area contributed by atoms with Gasteiger partial charge in [0.25, 0.3) is 0 Å². The van der Waals surface area contributed by atoms with Crippen molar-refractivity contribution >= 4 is 51.5 Å². The number of hydrogen-bond donors (Lipinski definition) is 2. The van der Waals surface area contributed by atoms with E-state index < -0.39 is 5.92 Å². The van der Waals surface area contributed by atoms with Crippen molar-refractivity contribution in [3.05, 3.63) is 103 Å². The zero-order valence-electron chi connectivity index (χ0n) is 22.8. The SMILES string of the molecule is COc1ccc(C2C(Cl)=C(Nc3sc4c(c3C#N)-c3sc(=S)n(-c5ccccc5)c3CC4(C)C)OC(N)=C2C#N)cc1. The number of nitriles is 2. The molecular formula is C31H24ClN5O2S3. The van der Waals surface area contributed by atoms with Crippen molar-refractivity contribution in [3.8, 4) is 34.0 Å². The van der Waals surface area contributed by atoms with Crippen molar-refractivity contribution in [3.63, 3.8) is 0 Å². The summed E-state index contributed by atoms with van der Waals surface area (Å²) in [6, 6.07) is 21.9. The third kappa shape index (κ3) is 4.48. The molecule has 1 aliphatic carbocycles. The summed E-state index contributed by atoms with van der Waals surface area (Å²) < 4.78 is 14.0. The zero-order chi connectivity index (χ0) is 29.8. The summed E-state index contributed by atoms with van der Waals surface area (Å²) in [5, 5.41) is 24.5. The first-order chi connectivity index (χ1) is 20.2. The molecule has 3 heterocycles. The quantitative estimate of drug-likeness (QED) is 0.215. The Morgan fingerprint density at radius 1 is 1.12 bits per heavy atom. The summed E-state index contributed by atoms with van der Waals surface area (Å²) in [5.41, 5.74) is 10.4. The molecule has 0 fully saturated rings. The summed E-state index contributed by atoms with van der Waals surface area (Å²) >= 11 is 15.8. The number of methoxy groups -OCH3 is 1. The maximum Gasteiger partial charge on any atom is 0.216 e. The van der Waals surface area contributed by atoms with E-state index in [1.165, 1.54) is 22.7 Å². The lowest BCUT2D eigenvalue weighted by Gasteiger charge is -2.30. The van der Waals surface area contributed by atoms with Gasteiger partial charge in [0.1, 0.15) is 28.5 Å². The molecule has 2 aromatic heterocycles. The highest BCUT2D eigenvalue weighted by atomic mass is 35.5. The first kappa shape index (κ1) is 28.1. The minimum atomic E-state index is -0.646. The number of hydrogen-bond acceptors (Lipinski definition) is 9. The van der Waals surface area contributed by atoms with Crippen LogP contribution in [0, 0.1) is 26.6 Å². The summed E-state index contributed by atoms with van der Waals surface area (Å²) in [5.74, 6) is 0.156. The molecule has 3 N–H and O–H groups in total. The highest BCUT2D eigenvalue weighted by molar-refractivity contribution is 7.73. The molecule has 42 heavy (non-hydrogen) atoms. The Morgan fingerprint density at radius 3 is 2.48 bits per heavy atom. The van der Waals surface area contributed by atoms with Gasteiger partial charge in [-0.2, -0.15) is 10.5 Å². The molecule has 6 rings (SSSR count). The van der Waals surface area contributed by atoms with Crippen LogP contribution in [0.3, 0.4) is 0 Å². The fraction of sp³-hybridized carbons (Fsp3) is 0.194. The number of fused-ring (bicyclic) bond motifs is 3. The Labute approximate surface area is 261 Å². The summed E-state index contributed by atoms with van der Waals surface area (Å²) in [4.78, 5) is 2.07. The van der Waals surface area contributed by atoms with Crippen molar-refractivity contribution in [1.29, 1.82) is 10.5 Å². The maximum atomic E-state index is 10.5. The number of nitrogens with zero attached hydrogens (tertiary/aromatic N) is 3. The van der Waals surface area contributed by atoms with Gasteiger partial charge in [0.05, 0.1) is 28.5 Å². The number of para-hydroxylation sites is 1. The van der Waals surface area contributed by atoms with Crippen molar-refractivity contribution in [2.75, 3.05) is 12.4 Å². The molecule has 1 unspecified atom stereocenters. The van der Waals surface area contributed by atoms with Gasteiger partial charge in [-0.05, 0) is 48.5 Å². The second kappa shape index (κ2) is 10.6. The third-order valence-corrected chi connectivity index (χ3v) is 10.7. The van der Waals surface area contributed by atoms with E-state index in [1.807, 2.05) is 42.5 Å². The van der Waals surface area contributed by atoms with Gasteiger partial charge in [0, 0.05) is 27.2 Å². The molecule has 0 saturated heterocycles. The van der Waals surface area contributed by atoms with E-state index in [1.54, 1.807) is 19.2 Å². The molecule has 210 valence electrons. The lowest BCUT2D eigenvalue weighted by Crippen LogP contribution is -2.25. The monoisotopic (exact) mass is 629 g/mol. The molecule has 0 radical (unpaired) electrons. The number of ether oxygens (including phenoxy) is 2. The molecule has 0 bridgehead atoms. The Kier molecular flexibility index (Phi) is 7.12. The van der Waals surface area contributed by atoms with Gasteiger partial charge in [0.2, 0.25) is 11.8 Å². The largest absolute Gasteiger partial charge is 0.497 e. The molecular weight excluding hydrogens is 606 g/mol. The highest BCUT2D eigenvalue weighted by Gasteiger charge is 2.40. The van der Waals surface area contributed by atoms with Gasteiger partial charge < -0.3 is 20.5 Å². The normalized spacial score (nSPS) is 17.0. The van der Waals surface area contributed by atoms with Crippen molar-refractivity contribution in [2.45, 2.75) is 31.6 Å². The van der Waals surface area contributed by atoms with Crippen LogP contribution in [0.1, 0.15) is 41.5 Å². The first-order valence-corrected chi connectivity index (χ1v) is 15.4. The minimum Gasteiger partial charge on any atom is -0.497 e. The molecule has 0 amide bonds. The lowest BCUT2D eigenvalue weighted by molar-refractivity contribution is 0.288. The Morgan fingerprint density at radius 2 is 1.83 bits per heavy atom.